The van der Waals surface area contributed by atoms with Crippen molar-refractivity contribution < 1.29 is 32.6 Å². The van der Waals surface area contributed by atoms with E-state index in [-0.39, 0.29) is 29.1 Å². The number of rotatable bonds is 4. The van der Waals surface area contributed by atoms with Gasteiger partial charge in [0, 0.05) is 37.1 Å². The minimum absolute atomic E-state index is 0.0672. The van der Waals surface area contributed by atoms with Crippen molar-refractivity contribution in [3.63, 3.8) is 0 Å². The van der Waals surface area contributed by atoms with Gasteiger partial charge in [-0.1, -0.05) is 0 Å². The van der Waals surface area contributed by atoms with Gasteiger partial charge in [0.1, 0.15) is 15.3 Å². The standard InChI is InChI=1S/C25H27F2N5O5S/c1-24(2,3)37-23(34)32-10-4-5-14(12-32)31-21(33)20-19(28)18-15(8-9-29-22(18)38-20)30-13-6-7-16-17(11-13)36-25(26,27)35-16/h6-9,11,14H,4-5,10,12,28H2,1-3H3,(H,29,30)(H,31,33)/t14-/m1/s1. The van der Waals surface area contributed by atoms with E-state index in [1.165, 1.54) is 12.1 Å². The third kappa shape index (κ3) is 5.37. The number of halogens is 2. The second-order valence-electron chi connectivity index (χ2n) is 10.1. The quantitative estimate of drug-likeness (QED) is 0.413. The highest BCUT2D eigenvalue weighted by Crippen LogP contribution is 2.44. The molecule has 0 aliphatic carbocycles. The molecule has 5 rings (SSSR count). The molecule has 2 aromatic heterocycles. The van der Waals surface area contributed by atoms with Crippen LogP contribution in [0.25, 0.3) is 10.2 Å². The summed E-state index contributed by atoms with van der Waals surface area (Å²) in [5.74, 6) is -0.531. The van der Waals surface area contributed by atoms with Crippen LogP contribution in [0.2, 0.25) is 0 Å². The highest BCUT2D eigenvalue weighted by molar-refractivity contribution is 7.21. The molecule has 13 heteroatoms. The van der Waals surface area contributed by atoms with Gasteiger partial charge in [-0.05, 0) is 51.8 Å². The van der Waals surface area contributed by atoms with Crippen LogP contribution in [0.1, 0.15) is 43.3 Å². The minimum atomic E-state index is -3.72. The molecule has 0 saturated carbocycles. The van der Waals surface area contributed by atoms with Gasteiger partial charge in [0.05, 0.1) is 16.8 Å². The van der Waals surface area contributed by atoms with Gasteiger partial charge in [-0.3, -0.25) is 4.79 Å². The van der Waals surface area contributed by atoms with E-state index in [0.717, 1.165) is 17.8 Å². The van der Waals surface area contributed by atoms with Crippen LogP contribution in [-0.2, 0) is 4.74 Å². The maximum atomic E-state index is 13.4. The third-order valence-electron chi connectivity index (χ3n) is 5.92. The van der Waals surface area contributed by atoms with Crippen molar-refractivity contribution in [1.29, 1.82) is 0 Å². The minimum Gasteiger partial charge on any atom is -0.444 e. The third-order valence-corrected chi connectivity index (χ3v) is 7.04. The van der Waals surface area contributed by atoms with Gasteiger partial charge >= 0.3 is 12.4 Å². The van der Waals surface area contributed by atoms with E-state index in [2.05, 4.69) is 25.1 Å². The molecular formula is C25H27F2N5O5S. The van der Waals surface area contributed by atoms with Gasteiger partial charge in [0.25, 0.3) is 5.91 Å². The van der Waals surface area contributed by atoms with Crippen LogP contribution in [0.5, 0.6) is 11.5 Å². The fraction of sp³-hybridized carbons (Fsp3) is 0.400. The Kier molecular flexibility index (Phi) is 6.41. The number of carbonyl (C=O) groups is 2. The van der Waals surface area contributed by atoms with Gasteiger partial charge < -0.3 is 35.5 Å². The number of likely N-dealkylation sites (tertiary alicyclic amines) is 1. The Hall–Kier alpha value is -3.87. The number of fused-ring (bicyclic) bond motifs is 2. The summed E-state index contributed by atoms with van der Waals surface area (Å²) in [5, 5.41) is 6.65. The maximum Gasteiger partial charge on any atom is 0.586 e. The average molecular weight is 548 g/mol. The van der Waals surface area contributed by atoms with E-state index in [9.17, 15) is 18.4 Å². The summed E-state index contributed by atoms with van der Waals surface area (Å²) in [6, 6.07) is 5.73. The van der Waals surface area contributed by atoms with Crippen LogP contribution < -0.4 is 25.8 Å². The second-order valence-corrected chi connectivity index (χ2v) is 11.1. The number of hydrogen-bond acceptors (Lipinski definition) is 9. The first-order valence-corrected chi connectivity index (χ1v) is 12.8. The Morgan fingerprint density at radius 1 is 1.24 bits per heavy atom. The molecule has 1 saturated heterocycles. The molecule has 1 atom stereocenters. The van der Waals surface area contributed by atoms with Crippen molar-refractivity contribution in [2.24, 2.45) is 0 Å². The van der Waals surface area contributed by atoms with Crippen molar-refractivity contribution in [2.45, 2.75) is 51.6 Å². The molecule has 4 heterocycles. The first-order chi connectivity index (χ1) is 17.9. The summed E-state index contributed by atoms with van der Waals surface area (Å²) in [4.78, 5) is 32.4. The Bertz CT molecular complexity index is 1410. The first kappa shape index (κ1) is 25.8. The fourth-order valence-corrected chi connectivity index (χ4v) is 5.33. The fourth-order valence-electron chi connectivity index (χ4n) is 4.34. The van der Waals surface area contributed by atoms with E-state index < -0.39 is 18.0 Å². The number of nitrogen functional groups attached to an aromatic ring is 1. The summed E-state index contributed by atoms with van der Waals surface area (Å²) in [7, 11) is 0. The van der Waals surface area contributed by atoms with Crippen LogP contribution >= 0.6 is 11.3 Å². The van der Waals surface area contributed by atoms with Crippen LogP contribution in [0, 0.1) is 0 Å². The van der Waals surface area contributed by atoms with Crippen molar-refractivity contribution in [1.82, 2.24) is 15.2 Å². The number of nitrogens with one attached hydrogen (secondary N) is 2. The monoisotopic (exact) mass is 547 g/mol. The SMILES string of the molecule is CC(C)(C)OC(=O)N1CCC[C@@H](NC(=O)c2sc3nccc(Nc4ccc5c(c4)OC(F)(F)O5)c3c2N)C1. The molecule has 0 unspecified atom stereocenters. The molecule has 202 valence electrons. The van der Waals surface area contributed by atoms with E-state index >= 15 is 0 Å². The molecule has 0 radical (unpaired) electrons. The maximum absolute atomic E-state index is 13.4. The summed E-state index contributed by atoms with van der Waals surface area (Å²) in [6.45, 7) is 6.31. The molecule has 1 fully saturated rings. The lowest BCUT2D eigenvalue weighted by atomic mass is 10.1. The number of piperidine rings is 1. The van der Waals surface area contributed by atoms with Gasteiger partial charge in [0.15, 0.2) is 11.5 Å². The lowest BCUT2D eigenvalue weighted by Gasteiger charge is -2.34. The van der Waals surface area contributed by atoms with Crippen molar-refractivity contribution >= 4 is 50.6 Å². The van der Waals surface area contributed by atoms with Crippen LogP contribution in [0.15, 0.2) is 30.5 Å². The average Bonchev–Trinajstić information content (AvgIpc) is 3.33. The number of benzene rings is 1. The molecule has 3 aromatic rings. The number of carbonyl (C=O) groups excluding carboxylic acids is 2. The Morgan fingerprint density at radius 3 is 2.76 bits per heavy atom. The molecule has 1 aromatic carbocycles. The van der Waals surface area contributed by atoms with Crippen molar-refractivity contribution in [2.75, 3.05) is 24.1 Å². The number of amides is 2. The summed E-state index contributed by atoms with van der Waals surface area (Å²) in [5.41, 5.74) is 7.05. The number of anilines is 3. The lowest BCUT2D eigenvalue weighted by Crippen LogP contribution is -2.50. The van der Waals surface area contributed by atoms with Crippen LogP contribution in [0.4, 0.5) is 30.6 Å². The van der Waals surface area contributed by atoms with Gasteiger partial charge in [-0.2, -0.15) is 0 Å². The van der Waals surface area contributed by atoms with Crippen molar-refractivity contribution in [3.8, 4) is 11.5 Å². The van der Waals surface area contributed by atoms with Gasteiger partial charge in [0.2, 0.25) is 0 Å². The van der Waals surface area contributed by atoms with E-state index in [4.69, 9.17) is 10.5 Å². The Morgan fingerprint density at radius 2 is 2.00 bits per heavy atom. The second kappa shape index (κ2) is 9.46. The molecular weight excluding hydrogens is 520 g/mol. The molecule has 0 spiro atoms. The van der Waals surface area contributed by atoms with E-state index in [0.29, 0.717) is 46.0 Å². The number of hydrogen-bond donors (Lipinski definition) is 3. The van der Waals surface area contributed by atoms with Crippen LogP contribution in [-0.4, -0.2) is 52.9 Å². The number of alkyl halides is 2. The topological polar surface area (TPSA) is 128 Å². The molecule has 0 bridgehead atoms. The highest BCUT2D eigenvalue weighted by Gasteiger charge is 2.43. The Balaban J connectivity index is 1.32. The number of ether oxygens (including phenoxy) is 3. The van der Waals surface area contributed by atoms with Gasteiger partial charge in [-0.25, -0.2) is 9.78 Å². The number of thiophene rings is 1. The summed E-state index contributed by atoms with van der Waals surface area (Å²) in [6.07, 6.45) is -1.13. The lowest BCUT2D eigenvalue weighted by molar-refractivity contribution is -0.286. The summed E-state index contributed by atoms with van der Waals surface area (Å²) < 4.78 is 41.2. The molecule has 2 aliphatic rings. The largest absolute Gasteiger partial charge is 0.586 e. The molecule has 38 heavy (non-hydrogen) atoms. The number of nitrogens with two attached hydrogens (primary N) is 1. The first-order valence-electron chi connectivity index (χ1n) is 12.0. The normalized spacial score (nSPS) is 18.3. The van der Waals surface area contributed by atoms with E-state index in [1.807, 2.05) is 0 Å². The molecule has 2 amide bonds. The predicted octanol–water partition coefficient (Wildman–Crippen LogP) is 5.07. The molecule has 2 aliphatic heterocycles. The molecule has 10 nitrogen and oxygen atoms in total. The van der Waals surface area contributed by atoms with Gasteiger partial charge in [-0.15, -0.1) is 20.1 Å². The zero-order valence-corrected chi connectivity index (χ0v) is 21.8. The zero-order chi connectivity index (χ0) is 27.2. The zero-order valence-electron chi connectivity index (χ0n) is 21.0. The molecule has 4 N–H and O–H groups in total. The van der Waals surface area contributed by atoms with Crippen molar-refractivity contribution in [3.05, 3.63) is 35.3 Å². The van der Waals surface area contributed by atoms with Crippen LogP contribution in [0.3, 0.4) is 0 Å². The predicted molar refractivity (Wildman–Crippen MR) is 138 cm³/mol. The summed E-state index contributed by atoms with van der Waals surface area (Å²) >= 11 is 1.14. The number of nitrogens with zero attached hydrogens (tertiary/aromatic N) is 2. The van der Waals surface area contributed by atoms with E-state index in [1.54, 1.807) is 44.0 Å². The Labute approximate surface area is 221 Å². The highest BCUT2D eigenvalue weighted by atomic mass is 32.1. The smallest absolute Gasteiger partial charge is 0.444 e. The number of pyridine rings is 1. The number of aromatic nitrogens is 1.